The number of carbonyl (C=O) groups excluding carboxylic acids is 1. The number of aliphatic hydroxyl groups is 1. The Morgan fingerprint density at radius 3 is 2.28 bits per heavy atom. The van der Waals surface area contributed by atoms with Gasteiger partial charge in [-0.2, -0.15) is 13.2 Å². The van der Waals surface area contributed by atoms with E-state index in [1.54, 1.807) is 20.8 Å². The summed E-state index contributed by atoms with van der Waals surface area (Å²) in [4.78, 5) is 12.6. The molecular formula is C11H18F3NO3. The Bertz CT molecular complexity index is 312. The van der Waals surface area contributed by atoms with Crippen LogP contribution in [0.15, 0.2) is 0 Å². The zero-order valence-electron chi connectivity index (χ0n) is 10.6. The molecule has 0 saturated carbocycles. The van der Waals surface area contributed by atoms with Crippen molar-refractivity contribution in [2.45, 2.75) is 45.1 Å². The summed E-state index contributed by atoms with van der Waals surface area (Å²) in [5, 5.41) is 9.41. The number of carbonyl (C=O) groups is 1. The second-order valence-corrected chi connectivity index (χ2v) is 5.51. The number of alkyl halides is 3. The van der Waals surface area contributed by atoms with E-state index >= 15 is 0 Å². The van der Waals surface area contributed by atoms with Crippen LogP contribution in [0.1, 0.15) is 27.2 Å². The summed E-state index contributed by atoms with van der Waals surface area (Å²) in [6.07, 6.45) is -6.78. The van der Waals surface area contributed by atoms with Crippen molar-refractivity contribution in [1.82, 2.24) is 4.90 Å². The van der Waals surface area contributed by atoms with Gasteiger partial charge in [0.15, 0.2) is 0 Å². The van der Waals surface area contributed by atoms with E-state index in [0.717, 1.165) is 4.90 Å². The van der Waals surface area contributed by atoms with Crippen LogP contribution in [0.25, 0.3) is 0 Å². The first-order valence-electron chi connectivity index (χ1n) is 5.72. The van der Waals surface area contributed by atoms with Crippen molar-refractivity contribution >= 4 is 6.09 Å². The maximum absolute atomic E-state index is 12.6. The van der Waals surface area contributed by atoms with E-state index < -0.39 is 36.4 Å². The number of hydrogen-bond acceptors (Lipinski definition) is 3. The molecule has 1 amide bonds. The minimum atomic E-state index is -4.42. The molecule has 0 spiro atoms. The summed E-state index contributed by atoms with van der Waals surface area (Å²) in [5.74, 6) is -1.70. The normalized spacial score (nSPS) is 26.1. The summed E-state index contributed by atoms with van der Waals surface area (Å²) in [7, 11) is 0. The highest BCUT2D eigenvalue weighted by atomic mass is 19.4. The van der Waals surface area contributed by atoms with Gasteiger partial charge in [-0.25, -0.2) is 4.79 Å². The Balaban J connectivity index is 2.69. The van der Waals surface area contributed by atoms with Gasteiger partial charge in [0.2, 0.25) is 0 Å². The number of amides is 1. The molecular weight excluding hydrogens is 251 g/mol. The van der Waals surface area contributed by atoms with Crippen LogP contribution in [-0.4, -0.2) is 47.1 Å². The van der Waals surface area contributed by atoms with Crippen LogP contribution in [0.5, 0.6) is 0 Å². The Hall–Kier alpha value is -0.980. The summed E-state index contributed by atoms with van der Waals surface area (Å²) in [5.41, 5.74) is -0.771. The fraction of sp³-hybridized carbons (Fsp3) is 0.909. The van der Waals surface area contributed by atoms with Gasteiger partial charge in [0.05, 0.1) is 12.0 Å². The van der Waals surface area contributed by atoms with Crippen molar-refractivity contribution in [3.8, 4) is 0 Å². The second kappa shape index (κ2) is 4.95. The predicted octanol–water partition coefficient (Wildman–Crippen LogP) is 2.17. The summed E-state index contributed by atoms with van der Waals surface area (Å²) >= 11 is 0. The average molecular weight is 269 g/mol. The second-order valence-electron chi connectivity index (χ2n) is 5.51. The molecule has 1 N–H and O–H groups in total. The van der Waals surface area contributed by atoms with Crippen molar-refractivity contribution in [3.05, 3.63) is 0 Å². The molecule has 1 aliphatic heterocycles. The standard InChI is InChI=1S/C11H18F3NO3/c1-10(2,3)18-9(17)15-5-7(11(12,13)14)4-8(16)6-15/h7-8,16H,4-6H2,1-3H3/t7-,8-/m0/s1. The first-order chi connectivity index (χ1) is 7.99. The van der Waals surface area contributed by atoms with E-state index in [1.807, 2.05) is 0 Å². The Morgan fingerprint density at radius 1 is 1.28 bits per heavy atom. The summed E-state index contributed by atoms with van der Waals surface area (Å²) < 4.78 is 42.8. The molecule has 0 aromatic rings. The van der Waals surface area contributed by atoms with Gasteiger partial charge in [0, 0.05) is 13.1 Å². The lowest BCUT2D eigenvalue weighted by Crippen LogP contribution is -2.51. The number of piperidine rings is 1. The molecule has 2 atom stereocenters. The number of rotatable bonds is 0. The number of β-amino-alcohol motifs (C(OH)–C–C–N with tert-alkyl or cyclic N) is 1. The van der Waals surface area contributed by atoms with Gasteiger partial charge in [-0.15, -0.1) is 0 Å². The van der Waals surface area contributed by atoms with Crippen molar-refractivity contribution in [2.75, 3.05) is 13.1 Å². The Labute approximate surface area is 104 Å². The van der Waals surface area contributed by atoms with Crippen LogP contribution >= 0.6 is 0 Å². The van der Waals surface area contributed by atoms with E-state index in [4.69, 9.17) is 4.74 Å². The Morgan fingerprint density at radius 2 is 1.83 bits per heavy atom. The minimum absolute atomic E-state index is 0.124. The van der Waals surface area contributed by atoms with E-state index in [1.165, 1.54) is 0 Å². The molecule has 1 aliphatic rings. The lowest BCUT2D eigenvalue weighted by Gasteiger charge is -2.37. The molecule has 0 radical (unpaired) electrons. The molecule has 18 heavy (non-hydrogen) atoms. The molecule has 7 heteroatoms. The smallest absolute Gasteiger partial charge is 0.410 e. The van der Waals surface area contributed by atoms with Crippen molar-refractivity contribution < 1.29 is 27.8 Å². The topological polar surface area (TPSA) is 49.8 Å². The SMILES string of the molecule is CC(C)(C)OC(=O)N1C[C@@H](O)C[C@H](C(F)(F)F)C1. The molecule has 0 bridgehead atoms. The quantitative estimate of drug-likeness (QED) is 0.733. The van der Waals surface area contributed by atoms with Gasteiger partial charge in [-0.05, 0) is 27.2 Å². The third-order valence-corrected chi connectivity index (χ3v) is 2.54. The molecule has 4 nitrogen and oxygen atoms in total. The molecule has 1 fully saturated rings. The van der Waals surface area contributed by atoms with Gasteiger partial charge in [-0.3, -0.25) is 0 Å². The summed E-state index contributed by atoms with van der Waals surface area (Å²) in [6, 6.07) is 0. The molecule has 0 unspecified atom stereocenters. The van der Waals surface area contributed by atoms with Gasteiger partial charge >= 0.3 is 12.3 Å². The monoisotopic (exact) mass is 269 g/mol. The van der Waals surface area contributed by atoms with Crippen LogP contribution in [0.4, 0.5) is 18.0 Å². The van der Waals surface area contributed by atoms with Crippen LogP contribution in [0.3, 0.4) is 0 Å². The number of hydrogen-bond donors (Lipinski definition) is 1. The molecule has 0 aliphatic carbocycles. The van der Waals surface area contributed by atoms with Crippen molar-refractivity contribution in [1.29, 1.82) is 0 Å². The highest BCUT2D eigenvalue weighted by Gasteiger charge is 2.45. The third-order valence-electron chi connectivity index (χ3n) is 2.54. The number of nitrogens with zero attached hydrogens (tertiary/aromatic N) is 1. The Kier molecular flexibility index (Phi) is 4.15. The lowest BCUT2D eigenvalue weighted by molar-refractivity contribution is -0.194. The van der Waals surface area contributed by atoms with E-state index in [2.05, 4.69) is 0 Å². The molecule has 1 heterocycles. The largest absolute Gasteiger partial charge is 0.444 e. The van der Waals surface area contributed by atoms with Gasteiger partial charge in [0.1, 0.15) is 5.60 Å². The molecule has 106 valence electrons. The molecule has 1 saturated heterocycles. The number of likely N-dealkylation sites (tertiary alicyclic amines) is 1. The first-order valence-corrected chi connectivity index (χ1v) is 5.72. The van der Waals surface area contributed by atoms with E-state index in [-0.39, 0.29) is 13.0 Å². The van der Waals surface area contributed by atoms with Crippen LogP contribution in [0, 0.1) is 5.92 Å². The van der Waals surface area contributed by atoms with Crippen molar-refractivity contribution in [3.63, 3.8) is 0 Å². The molecule has 0 aromatic carbocycles. The summed E-state index contributed by atoms with van der Waals surface area (Å²) in [6.45, 7) is 4.31. The number of aliphatic hydroxyl groups excluding tert-OH is 1. The van der Waals surface area contributed by atoms with E-state index in [9.17, 15) is 23.1 Å². The number of ether oxygens (including phenoxy) is 1. The van der Waals surface area contributed by atoms with Crippen molar-refractivity contribution in [2.24, 2.45) is 5.92 Å². The maximum Gasteiger partial charge on any atom is 0.410 e. The molecule has 0 aromatic heterocycles. The van der Waals surface area contributed by atoms with Gasteiger partial charge < -0.3 is 14.7 Å². The molecule has 1 rings (SSSR count). The number of halogens is 3. The van der Waals surface area contributed by atoms with Crippen LogP contribution in [0.2, 0.25) is 0 Å². The average Bonchev–Trinajstić information content (AvgIpc) is 2.12. The van der Waals surface area contributed by atoms with Crippen LogP contribution < -0.4 is 0 Å². The zero-order valence-corrected chi connectivity index (χ0v) is 10.6. The van der Waals surface area contributed by atoms with Crippen LogP contribution in [-0.2, 0) is 4.74 Å². The lowest BCUT2D eigenvalue weighted by atomic mass is 9.96. The zero-order chi connectivity index (χ0) is 14.1. The van der Waals surface area contributed by atoms with Gasteiger partial charge in [-0.1, -0.05) is 0 Å². The van der Waals surface area contributed by atoms with E-state index in [0.29, 0.717) is 0 Å². The highest BCUT2D eigenvalue weighted by molar-refractivity contribution is 5.68. The highest BCUT2D eigenvalue weighted by Crippen LogP contribution is 2.33. The minimum Gasteiger partial charge on any atom is -0.444 e. The third kappa shape index (κ3) is 4.36. The fourth-order valence-corrected chi connectivity index (χ4v) is 1.79. The van der Waals surface area contributed by atoms with Gasteiger partial charge in [0.25, 0.3) is 0 Å². The first kappa shape index (κ1) is 15.1. The predicted molar refractivity (Wildman–Crippen MR) is 58.0 cm³/mol. The maximum atomic E-state index is 12.6. The fourth-order valence-electron chi connectivity index (χ4n) is 1.79.